The Hall–Kier alpha value is -1.59. The van der Waals surface area contributed by atoms with Crippen LogP contribution in [0.15, 0.2) is 23.1 Å². The van der Waals surface area contributed by atoms with Crippen molar-refractivity contribution < 1.29 is 17.9 Å². The quantitative estimate of drug-likeness (QED) is 0.691. The van der Waals surface area contributed by atoms with Gasteiger partial charge in [-0.2, -0.15) is 4.31 Å². The fraction of sp³-hybridized carbons (Fsp3) is 0.526. The molecule has 11 heteroatoms. The molecule has 1 aliphatic heterocycles. The number of carbonyl (C=O) groups is 1. The summed E-state index contributed by atoms with van der Waals surface area (Å²) in [7, 11) is -3.88. The van der Waals surface area contributed by atoms with Gasteiger partial charge >= 0.3 is 0 Å². The standard InChI is InChI=1S/C19H25ClN4O4S2/c1-11(2)7-17-22-23-19(29-17)21-18(25)14-5-6-15(20)16(8-14)30(26,27)24-9-12(3)28-13(4)10-24/h5-6,8,11-13H,7,9-10H2,1-4H3,(H,21,23,25). The summed E-state index contributed by atoms with van der Waals surface area (Å²) in [6.45, 7) is 8.24. The first-order chi connectivity index (χ1) is 14.1. The first-order valence-corrected chi connectivity index (χ1v) is 12.3. The van der Waals surface area contributed by atoms with Crippen molar-refractivity contribution in [1.29, 1.82) is 0 Å². The number of anilines is 1. The van der Waals surface area contributed by atoms with Crippen molar-refractivity contribution in [3.8, 4) is 0 Å². The fourth-order valence-corrected chi connectivity index (χ4v) is 6.25. The lowest BCUT2D eigenvalue weighted by Crippen LogP contribution is -2.48. The third-order valence-corrected chi connectivity index (χ3v) is 7.64. The van der Waals surface area contributed by atoms with E-state index in [9.17, 15) is 13.2 Å². The van der Waals surface area contributed by atoms with Crippen LogP contribution in [-0.4, -0.2) is 54.1 Å². The van der Waals surface area contributed by atoms with E-state index >= 15 is 0 Å². The van der Waals surface area contributed by atoms with Crippen molar-refractivity contribution in [2.24, 2.45) is 5.92 Å². The van der Waals surface area contributed by atoms with Crippen molar-refractivity contribution in [1.82, 2.24) is 14.5 Å². The van der Waals surface area contributed by atoms with E-state index in [-0.39, 0.29) is 40.8 Å². The van der Waals surface area contributed by atoms with E-state index in [1.807, 2.05) is 13.8 Å². The molecule has 0 aliphatic carbocycles. The number of morpholine rings is 1. The van der Waals surface area contributed by atoms with Crippen LogP contribution in [0, 0.1) is 5.92 Å². The molecule has 1 saturated heterocycles. The number of ether oxygens (including phenoxy) is 1. The average molecular weight is 473 g/mol. The molecule has 1 fully saturated rings. The van der Waals surface area contributed by atoms with E-state index in [4.69, 9.17) is 16.3 Å². The van der Waals surface area contributed by atoms with Gasteiger partial charge in [0.15, 0.2) is 0 Å². The SMILES string of the molecule is CC(C)Cc1nnc(NC(=O)c2ccc(Cl)c(S(=O)(=O)N3CC(C)OC(C)C3)c2)s1. The molecule has 1 aliphatic rings. The summed E-state index contributed by atoms with van der Waals surface area (Å²) < 4.78 is 33.3. The number of amides is 1. The van der Waals surface area contributed by atoms with Crippen LogP contribution in [0.3, 0.4) is 0 Å². The monoisotopic (exact) mass is 472 g/mol. The molecule has 0 spiro atoms. The number of hydrogen-bond acceptors (Lipinski definition) is 7. The molecule has 0 bridgehead atoms. The Kier molecular flexibility index (Phi) is 7.13. The number of rotatable bonds is 6. The molecule has 2 atom stereocenters. The van der Waals surface area contributed by atoms with Gasteiger partial charge in [0.25, 0.3) is 5.91 Å². The largest absolute Gasteiger partial charge is 0.373 e. The summed E-state index contributed by atoms with van der Waals surface area (Å²) >= 11 is 7.50. The fourth-order valence-electron chi connectivity index (χ4n) is 3.21. The Labute approximate surface area is 185 Å². The van der Waals surface area contributed by atoms with Gasteiger partial charge in [-0.1, -0.05) is 36.8 Å². The Bertz CT molecular complexity index is 1020. The number of nitrogens with zero attached hydrogens (tertiary/aromatic N) is 3. The highest BCUT2D eigenvalue weighted by atomic mass is 35.5. The van der Waals surface area contributed by atoms with Crippen molar-refractivity contribution in [2.75, 3.05) is 18.4 Å². The van der Waals surface area contributed by atoms with Crippen molar-refractivity contribution in [3.05, 3.63) is 33.8 Å². The molecule has 1 aromatic heterocycles. The molecule has 2 heterocycles. The minimum atomic E-state index is -3.88. The lowest BCUT2D eigenvalue weighted by atomic mass is 10.1. The highest BCUT2D eigenvalue weighted by Crippen LogP contribution is 2.28. The van der Waals surface area contributed by atoms with E-state index in [1.54, 1.807) is 0 Å². The number of hydrogen-bond donors (Lipinski definition) is 1. The lowest BCUT2D eigenvalue weighted by Gasteiger charge is -2.34. The third-order valence-electron chi connectivity index (χ3n) is 4.47. The van der Waals surface area contributed by atoms with E-state index in [0.29, 0.717) is 11.0 Å². The maximum absolute atomic E-state index is 13.2. The molecule has 164 valence electrons. The van der Waals surface area contributed by atoms with Gasteiger partial charge in [-0.05, 0) is 38.0 Å². The van der Waals surface area contributed by atoms with Gasteiger partial charge in [0, 0.05) is 25.1 Å². The van der Waals surface area contributed by atoms with Crippen LogP contribution >= 0.6 is 22.9 Å². The Morgan fingerprint density at radius 2 is 1.97 bits per heavy atom. The Morgan fingerprint density at radius 1 is 1.30 bits per heavy atom. The number of halogens is 1. The molecule has 0 saturated carbocycles. The maximum Gasteiger partial charge on any atom is 0.257 e. The first-order valence-electron chi connectivity index (χ1n) is 9.65. The van der Waals surface area contributed by atoms with Gasteiger partial charge in [0.2, 0.25) is 15.2 Å². The summed E-state index contributed by atoms with van der Waals surface area (Å²) in [6.07, 6.45) is 0.310. The van der Waals surface area contributed by atoms with E-state index in [1.165, 1.54) is 33.8 Å². The average Bonchev–Trinajstić information content (AvgIpc) is 3.07. The number of nitrogens with one attached hydrogen (secondary N) is 1. The van der Waals surface area contributed by atoms with Crippen molar-refractivity contribution in [3.63, 3.8) is 0 Å². The third kappa shape index (κ3) is 5.36. The summed E-state index contributed by atoms with van der Waals surface area (Å²) in [5, 5.41) is 12.0. The molecule has 1 aromatic carbocycles. The van der Waals surface area contributed by atoms with Crippen LogP contribution in [0.5, 0.6) is 0 Å². The second-order valence-corrected chi connectivity index (χ2v) is 11.2. The van der Waals surface area contributed by atoms with Gasteiger partial charge in [-0.3, -0.25) is 10.1 Å². The molecule has 2 aromatic rings. The predicted molar refractivity (Wildman–Crippen MR) is 117 cm³/mol. The van der Waals surface area contributed by atoms with Gasteiger partial charge in [0.1, 0.15) is 9.90 Å². The molecule has 2 unspecified atom stereocenters. The zero-order chi connectivity index (χ0) is 22.1. The lowest BCUT2D eigenvalue weighted by molar-refractivity contribution is -0.0440. The van der Waals surface area contributed by atoms with Gasteiger partial charge < -0.3 is 4.74 Å². The highest BCUT2D eigenvalue weighted by molar-refractivity contribution is 7.89. The predicted octanol–water partition coefficient (Wildman–Crippen LogP) is 3.44. The van der Waals surface area contributed by atoms with Crippen LogP contribution in [-0.2, 0) is 21.2 Å². The zero-order valence-corrected chi connectivity index (χ0v) is 19.6. The first kappa shape index (κ1) is 23.1. The second-order valence-electron chi connectivity index (χ2n) is 7.78. The topological polar surface area (TPSA) is 101 Å². The van der Waals surface area contributed by atoms with Gasteiger partial charge in [-0.15, -0.1) is 10.2 Å². The Morgan fingerprint density at radius 3 is 2.60 bits per heavy atom. The van der Waals surface area contributed by atoms with E-state index in [2.05, 4.69) is 29.4 Å². The summed E-state index contributed by atoms with van der Waals surface area (Å²) in [5.74, 6) is -0.0461. The van der Waals surface area contributed by atoms with E-state index in [0.717, 1.165) is 11.4 Å². The van der Waals surface area contributed by atoms with Crippen LogP contribution in [0.4, 0.5) is 5.13 Å². The maximum atomic E-state index is 13.2. The number of benzene rings is 1. The molecule has 8 nitrogen and oxygen atoms in total. The van der Waals surface area contributed by atoms with Crippen LogP contribution < -0.4 is 5.32 Å². The number of aromatic nitrogens is 2. The van der Waals surface area contributed by atoms with Crippen molar-refractivity contribution in [2.45, 2.75) is 51.2 Å². The minimum absolute atomic E-state index is 0.0634. The number of carbonyl (C=O) groups excluding carboxylic acids is 1. The molecule has 1 N–H and O–H groups in total. The molecular weight excluding hydrogens is 448 g/mol. The second kappa shape index (κ2) is 9.27. The smallest absolute Gasteiger partial charge is 0.257 e. The van der Waals surface area contributed by atoms with Crippen LogP contribution in [0.2, 0.25) is 5.02 Å². The minimum Gasteiger partial charge on any atom is -0.373 e. The summed E-state index contributed by atoms with van der Waals surface area (Å²) in [4.78, 5) is 12.6. The highest BCUT2D eigenvalue weighted by Gasteiger charge is 2.34. The molecule has 30 heavy (non-hydrogen) atoms. The molecule has 3 rings (SSSR count). The molecule has 1 amide bonds. The molecule has 0 radical (unpaired) electrons. The van der Waals surface area contributed by atoms with Gasteiger partial charge in [0.05, 0.1) is 17.2 Å². The number of sulfonamides is 1. The van der Waals surface area contributed by atoms with Crippen LogP contribution in [0.1, 0.15) is 43.1 Å². The summed E-state index contributed by atoms with van der Waals surface area (Å²) in [6, 6.07) is 4.20. The summed E-state index contributed by atoms with van der Waals surface area (Å²) in [5.41, 5.74) is 0.174. The van der Waals surface area contributed by atoms with Gasteiger partial charge in [-0.25, -0.2) is 8.42 Å². The van der Waals surface area contributed by atoms with Crippen molar-refractivity contribution >= 4 is 44.0 Å². The zero-order valence-electron chi connectivity index (χ0n) is 17.3. The normalized spacial score (nSPS) is 20.5. The van der Waals surface area contributed by atoms with E-state index < -0.39 is 15.9 Å². The Balaban J connectivity index is 1.82. The molecular formula is C19H25ClN4O4S2. The van der Waals surface area contributed by atoms with Crippen LogP contribution in [0.25, 0.3) is 0 Å².